The van der Waals surface area contributed by atoms with Crippen LogP contribution in [0.25, 0.3) is 0 Å². The number of likely N-dealkylation sites (tertiary alicyclic amines) is 1. The molecule has 1 fully saturated rings. The molecule has 0 amide bonds. The zero-order valence-electron chi connectivity index (χ0n) is 11.2. The zero-order valence-corrected chi connectivity index (χ0v) is 12.0. The summed E-state index contributed by atoms with van der Waals surface area (Å²) in [5, 5.41) is -0.934. The van der Waals surface area contributed by atoms with Crippen molar-refractivity contribution in [3.8, 4) is 0 Å². The second-order valence-corrected chi connectivity index (χ2v) is 6.79. The summed E-state index contributed by atoms with van der Waals surface area (Å²) >= 11 is 0. The molecule has 20 heavy (non-hydrogen) atoms. The van der Waals surface area contributed by atoms with Gasteiger partial charge in [-0.2, -0.15) is 0 Å². The number of para-hydroxylation sites is 1. The second-order valence-electron chi connectivity index (χ2n) is 4.95. The van der Waals surface area contributed by atoms with Crippen molar-refractivity contribution in [1.29, 1.82) is 0 Å². The number of hydrogen-bond acceptors (Lipinski definition) is 3. The maximum atomic E-state index is 13.2. The first-order valence-corrected chi connectivity index (χ1v) is 8.07. The molecule has 1 N–H and O–H groups in total. The number of alkyl halides is 2. The molecule has 0 saturated carbocycles. The lowest BCUT2D eigenvalue weighted by Crippen LogP contribution is -2.43. The quantitative estimate of drug-likeness (QED) is 0.909. The van der Waals surface area contributed by atoms with Gasteiger partial charge in [-0.15, -0.1) is 0 Å². The van der Waals surface area contributed by atoms with Crippen molar-refractivity contribution in [1.82, 2.24) is 4.90 Å². The van der Waals surface area contributed by atoms with Crippen LogP contribution < -0.4 is 4.72 Å². The van der Waals surface area contributed by atoms with E-state index in [0.717, 1.165) is 0 Å². The Bertz CT molecular complexity index is 549. The first-order chi connectivity index (χ1) is 9.34. The summed E-state index contributed by atoms with van der Waals surface area (Å²) in [7, 11) is -3.72. The van der Waals surface area contributed by atoms with Gasteiger partial charge in [-0.3, -0.25) is 9.62 Å². The van der Waals surface area contributed by atoms with Gasteiger partial charge in [0.05, 0.1) is 6.54 Å². The summed E-state index contributed by atoms with van der Waals surface area (Å²) in [5.41, 5.74) is 0.442. The number of nitrogens with one attached hydrogen (secondary N) is 1. The van der Waals surface area contributed by atoms with E-state index in [0.29, 0.717) is 5.69 Å². The lowest BCUT2D eigenvalue weighted by atomic mass is 10.3. The molecule has 1 unspecified atom stereocenters. The number of hydrogen-bond donors (Lipinski definition) is 1. The summed E-state index contributed by atoms with van der Waals surface area (Å²) < 4.78 is 53.6. The Kier molecular flexibility index (Phi) is 4.29. The number of halogens is 2. The fraction of sp³-hybridized carbons (Fsp3) is 0.538. The highest BCUT2D eigenvalue weighted by Crippen LogP contribution is 2.30. The molecule has 0 radical (unpaired) electrons. The summed E-state index contributed by atoms with van der Waals surface area (Å²) in [4.78, 5) is 1.34. The average Bonchev–Trinajstić information content (AvgIpc) is 2.70. The molecule has 1 heterocycles. The Balaban J connectivity index is 2.14. The molecule has 1 atom stereocenters. The van der Waals surface area contributed by atoms with E-state index in [9.17, 15) is 17.2 Å². The summed E-state index contributed by atoms with van der Waals surface area (Å²) in [6.45, 7) is 1.29. The molecule has 112 valence electrons. The number of nitrogens with zero attached hydrogens (tertiary/aromatic N) is 1. The van der Waals surface area contributed by atoms with Gasteiger partial charge in [0, 0.05) is 18.7 Å². The molecule has 1 aromatic rings. The largest absolute Gasteiger partial charge is 0.282 e. The van der Waals surface area contributed by atoms with Crippen LogP contribution in [0.3, 0.4) is 0 Å². The van der Waals surface area contributed by atoms with Gasteiger partial charge in [-0.1, -0.05) is 25.1 Å². The SMILES string of the molecule is CCC(N1CCC(F)(F)C1)S(=O)(=O)Nc1ccccc1. The Morgan fingerprint density at radius 1 is 1.35 bits per heavy atom. The number of sulfonamides is 1. The molecule has 4 nitrogen and oxygen atoms in total. The monoisotopic (exact) mass is 304 g/mol. The second kappa shape index (κ2) is 5.65. The van der Waals surface area contributed by atoms with Gasteiger partial charge >= 0.3 is 0 Å². The van der Waals surface area contributed by atoms with Crippen molar-refractivity contribution in [3.63, 3.8) is 0 Å². The minimum Gasteiger partial charge on any atom is -0.282 e. The third-order valence-electron chi connectivity index (χ3n) is 3.35. The van der Waals surface area contributed by atoms with Gasteiger partial charge in [0.1, 0.15) is 5.37 Å². The van der Waals surface area contributed by atoms with Crippen LogP contribution in [0.15, 0.2) is 30.3 Å². The van der Waals surface area contributed by atoms with Crippen LogP contribution in [-0.2, 0) is 10.0 Å². The average molecular weight is 304 g/mol. The molecule has 0 aromatic heterocycles. The lowest BCUT2D eigenvalue weighted by Gasteiger charge is -2.26. The molecule has 2 rings (SSSR count). The van der Waals surface area contributed by atoms with Gasteiger partial charge in [0.15, 0.2) is 0 Å². The molecule has 0 aliphatic carbocycles. The molecular formula is C13H18F2N2O2S. The van der Waals surface area contributed by atoms with E-state index in [4.69, 9.17) is 0 Å². The Hall–Kier alpha value is -1.21. The van der Waals surface area contributed by atoms with Gasteiger partial charge < -0.3 is 0 Å². The van der Waals surface area contributed by atoms with Crippen molar-refractivity contribution < 1.29 is 17.2 Å². The first-order valence-electron chi connectivity index (χ1n) is 6.52. The Labute approximate surface area is 117 Å². The highest BCUT2D eigenvalue weighted by atomic mass is 32.2. The van der Waals surface area contributed by atoms with Crippen LogP contribution >= 0.6 is 0 Å². The molecular weight excluding hydrogens is 286 g/mol. The topological polar surface area (TPSA) is 49.4 Å². The normalized spacial score (nSPS) is 20.8. The maximum Gasteiger partial charge on any atom is 0.261 e. The van der Waals surface area contributed by atoms with E-state index in [1.807, 2.05) is 0 Å². The fourth-order valence-corrected chi connectivity index (χ4v) is 4.03. The van der Waals surface area contributed by atoms with Crippen molar-refractivity contribution >= 4 is 15.7 Å². The van der Waals surface area contributed by atoms with E-state index < -0.39 is 27.9 Å². The summed E-state index contributed by atoms with van der Waals surface area (Å²) in [5.74, 6) is -2.80. The summed E-state index contributed by atoms with van der Waals surface area (Å²) in [6.07, 6.45) is -0.0252. The highest BCUT2D eigenvalue weighted by molar-refractivity contribution is 7.93. The van der Waals surface area contributed by atoms with E-state index in [1.165, 1.54) is 4.90 Å². The first kappa shape index (κ1) is 15.2. The molecule has 7 heteroatoms. The fourth-order valence-electron chi connectivity index (χ4n) is 2.42. The molecule has 1 aliphatic rings. The minimum absolute atomic E-state index is 0.0984. The van der Waals surface area contributed by atoms with Crippen LogP contribution in [-0.4, -0.2) is 37.7 Å². The third kappa shape index (κ3) is 3.46. The molecule has 1 saturated heterocycles. The van der Waals surface area contributed by atoms with Crippen LogP contribution in [0.1, 0.15) is 19.8 Å². The minimum atomic E-state index is -3.72. The van der Waals surface area contributed by atoms with Gasteiger partial charge in [0.25, 0.3) is 5.92 Å². The Morgan fingerprint density at radius 2 is 2.00 bits per heavy atom. The van der Waals surface area contributed by atoms with Crippen molar-refractivity contribution in [2.45, 2.75) is 31.1 Å². The van der Waals surface area contributed by atoms with Crippen LogP contribution in [0, 0.1) is 0 Å². The maximum absolute atomic E-state index is 13.2. The van der Waals surface area contributed by atoms with E-state index in [-0.39, 0.29) is 19.4 Å². The lowest BCUT2D eigenvalue weighted by molar-refractivity contribution is 0.0108. The number of benzene rings is 1. The van der Waals surface area contributed by atoms with Crippen molar-refractivity contribution in [3.05, 3.63) is 30.3 Å². The molecule has 1 aromatic carbocycles. The predicted octanol–water partition coefficient (Wildman–Crippen LogP) is 2.51. The number of anilines is 1. The number of rotatable bonds is 5. The van der Waals surface area contributed by atoms with E-state index in [1.54, 1.807) is 37.3 Å². The molecule has 0 spiro atoms. The van der Waals surface area contributed by atoms with Crippen LogP contribution in [0.2, 0.25) is 0 Å². The van der Waals surface area contributed by atoms with Gasteiger partial charge in [0.2, 0.25) is 10.0 Å². The van der Waals surface area contributed by atoms with Crippen molar-refractivity contribution in [2.24, 2.45) is 0 Å². The highest BCUT2D eigenvalue weighted by Gasteiger charge is 2.43. The van der Waals surface area contributed by atoms with E-state index in [2.05, 4.69) is 4.72 Å². The van der Waals surface area contributed by atoms with Crippen molar-refractivity contribution in [2.75, 3.05) is 17.8 Å². The predicted molar refractivity (Wildman–Crippen MR) is 74.2 cm³/mol. The molecule has 1 aliphatic heterocycles. The van der Waals surface area contributed by atoms with Gasteiger partial charge in [-0.25, -0.2) is 17.2 Å². The Morgan fingerprint density at radius 3 is 2.50 bits per heavy atom. The zero-order chi connectivity index (χ0) is 14.8. The van der Waals surface area contributed by atoms with Crippen LogP contribution in [0.5, 0.6) is 0 Å². The van der Waals surface area contributed by atoms with Crippen LogP contribution in [0.4, 0.5) is 14.5 Å². The van der Waals surface area contributed by atoms with Gasteiger partial charge in [-0.05, 0) is 18.6 Å². The molecule has 0 bridgehead atoms. The van der Waals surface area contributed by atoms with E-state index >= 15 is 0 Å². The third-order valence-corrected chi connectivity index (χ3v) is 5.22. The smallest absolute Gasteiger partial charge is 0.261 e. The summed E-state index contributed by atoms with van der Waals surface area (Å²) in [6, 6.07) is 8.45. The standard InChI is InChI=1S/C13H18F2N2O2S/c1-2-12(17-9-8-13(14,15)10-17)20(18,19)16-11-6-4-3-5-7-11/h3-7,12,16H,2,8-10H2,1H3.